The number of ether oxygens (including phenoxy) is 1. The highest BCUT2D eigenvalue weighted by atomic mass is 79.9. The fourth-order valence-corrected chi connectivity index (χ4v) is 2.81. The highest BCUT2D eigenvalue weighted by Gasteiger charge is 2.26. The molecule has 5 nitrogen and oxygen atoms in total. The number of aromatic nitrogens is 1. The first-order valence-electron chi connectivity index (χ1n) is 8.27. The van der Waals surface area contributed by atoms with Gasteiger partial charge >= 0.3 is 5.97 Å². The van der Waals surface area contributed by atoms with Crippen molar-refractivity contribution in [1.82, 2.24) is 4.98 Å². The van der Waals surface area contributed by atoms with Crippen LogP contribution in [0.2, 0.25) is 0 Å². The third-order valence-corrected chi connectivity index (χ3v) is 4.26. The second kappa shape index (κ2) is 8.60. The van der Waals surface area contributed by atoms with Gasteiger partial charge in [-0.2, -0.15) is 0 Å². The molecule has 0 aliphatic carbocycles. The Morgan fingerprint density at radius 1 is 1.04 bits per heavy atom. The van der Waals surface area contributed by atoms with Crippen molar-refractivity contribution in [3.8, 4) is 0 Å². The van der Waals surface area contributed by atoms with Gasteiger partial charge < -0.3 is 10.1 Å². The molecule has 1 heterocycles. The van der Waals surface area contributed by atoms with Crippen LogP contribution in [-0.2, 0) is 9.53 Å². The van der Waals surface area contributed by atoms with Crippen LogP contribution in [0.25, 0.3) is 0 Å². The molecule has 1 N–H and O–H groups in total. The Hall–Kier alpha value is -2.99. The number of hydrogen-bond donors (Lipinski definition) is 1. The molecule has 0 radical (unpaired) electrons. The summed E-state index contributed by atoms with van der Waals surface area (Å²) in [5.74, 6) is -1.06. The van der Waals surface area contributed by atoms with E-state index in [9.17, 15) is 9.59 Å². The molecule has 6 heteroatoms. The number of amides is 1. The van der Waals surface area contributed by atoms with Gasteiger partial charge in [-0.1, -0.05) is 48.0 Å². The predicted molar refractivity (Wildman–Crippen MR) is 106 cm³/mol. The third-order valence-electron chi connectivity index (χ3n) is 3.83. The number of carbonyl (C=O) groups excluding carboxylic acids is 2. The van der Waals surface area contributed by atoms with Crippen molar-refractivity contribution in [3.05, 3.63) is 94.2 Å². The summed E-state index contributed by atoms with van der Waals surface area (Å²) in [6, 6.07) is 17.9. The number of carbonyl (C=O) groups is 2. The summed E-state index contributed by atoms with van der Waals surface area (Å²) in [5.41, 5.74) is 2.56. The molecule has 0 fully saturated rings. The number of rotatable bonds is 5. The second-order valence-electron chi connectivity index (χ2n) is 5.94. The van der Waals surface area contributed by atoms with E-state index in [-0.39, 0.29) is 5.56 Å². The molecule has 0 spiro atoms. The molecular formula is C21H17BrN2O3. The summed E-state index contributed by atoms with van der Waals surface area (Å²) in [6.07, 6.45) is 1.88. The first-order chi connectivity index (χ1) is 13.0. The summed E-state index contributed by atoms with van der Waals surface area (Å²) in [6.45, 7) is 1.96. The maximum atomic E-state index is 12.8. The molecule has 1 aromatic heterocycles. The minimum absolute atomic E-state index is 0.258. The number of esters is 1. The van der Waals surface area contributed by atoms with Crippen molar-refractivity contribution >= 4 is 33.5 Å². The molecule has 27 heavy (non-hydrogen) atoms. The maximum absolute atomic E-state index is 12.8. The van der Waals surface area contributed by atoms with Crippen LogP contribution < -0.4 is 5.32 Å². The van der Waals surface area contributed by atoms with Gasteiger partial charge in [-0.15, -0.1) is 0 Å². The van der Waals surface area contributed by atoms with E-state index in [1.807, 2.05) is 25.1 Å². The molecule has 1 atom stereocenters. The summed E-state index contributed by atoms with van der Waals surface area (Å²) in [5, 5.41) is 2.79. The van der Waals surface area contributed by atoms with Crippen molar-refractivity contribution in [2.45, 2.75) is 13.0 Å². The van der Waals surface area contributed by atoms with Crippen molar-refractivity contribution in [2.75, 3.05) is 5.32 Å². The van der Waals surface area contributed by atoms with Crippen LogP contribution >= 0.6 is 15.9 Å². The zero-order valence-corrected chi connectivity index (χ0v) is 16.1. The topological polar surface area (TPSA) is 68.3 Å². The first kappa shape index (κ1) is 18.8. The molecule has 3 aromatic rings. The smallest absolute Gasteiger partial charge is 0.340 e. The van der Waals surface area contributed by atoms with Crippen LogP contribution in [0.3, 0.4) is 0 Å². The Balaban J connectivity index is 1.83. The van der Waals surface area contributed by atoms with E-state index in [2.05, 4.69) is 26.2 Å². The molecule has 0 saturated carbocycles. The van der Waals surface area contributed by atoms with Crippen LogP contribution in [0, 0.1) is 6.92 Å². The SMILES string of the molecule is Cc1ccc(NC(=O)C(OC(=O)c2cncc(Br)c2)c2ccccc2)cc1. The lowest BCUT2D eigenvalue weighted by Gasteiger charge is -2.18. The van der Waals surface area contributed by atoms with Crippen LogP contribution in [-0.4, -0.2) is 16.9 Å². The third kappa shape index (κ3) is 5.01. The number of nitrogens with zero attached hydrogens (tertiary/aromatic N) is 1. The van der Waals surface area contributed by atoms with E-state index in [4.69, 9.17) is 4.74 Å². The maximum Gasteiger partial charge on any atom is 0.340 e. The van der Waals surface area contributed by atoms with E-state index >= 15 is 0 Å². The molecule has 3 rings (SSSR count). The van der Waals surface area contributed by atoms with Gasteiger partial charge in [0.25, 0.3) is 5.91 Å². The zero-order chi connectivity index (χ0) is 19.2. The van der Waals surface area contributed by atoms with Gasteiger partial charge in [0.1, 0.15) is 0 Å². The summed E-state index contributed by atoms with van der Waals surface area (Å²) < 4.78 is 6.17. The molecule has 136 valence electrons. The van der Waals surface area contributed by atoms with Gasteiger partial charge in [-0.25, -0.2) is 4.79 Å². The van der Waals surface area contributed by atoms with Gasteiger partial charge in [0.05, 0.1) is 5.56 Å². The van der Waals surface area contributed by atoms with Crippen LogP contribution in [0.4, 0.5) is 5.69 Å². The van der Waals surface area contributed by atoms with Crippen molar-refractivity contribution in [2.24, 2.45) is 0 Å². The molecule has 0 aliphatic rings. The van der Waals surface area contributed by atoms with Crippen LogP contribution in [0.1, 0.15) is 27.6 Å². The monoisotopic (exact) mass is 424 g/mol. The highest BCUT2D eigenvalue weighted by Crippen LogP contribution is 2.22. The summed E-state index contributed by atoms with van der Waals surface area (Å²) in [4.78, 5) is 29.3. The fourth-order valence-electron chi connectivity index (χ4n) is 2.44. The normalized spacial score (nSPS) is 11.5. The molecule has 0 bridgehead atoms. The quantitative estimate of drug-likeness (QED) is 0.603. The lowest BCUT2D eigenvalue weighted by molar-refractivity contribution is -0.125. The highest BCUT2D eigenvalue weighted by molar-refractivity contribution is 9.10. The van der Waals surface area contributed by atoms with Crippen LogP contribution in [0.5, 0.6) is 0 Å². The lowest BCUT2D eigenvalue weighted by atomic mass is 10.1. The molecule has 0 saturated heterocycles. The average molecular weight is 425 g/mol. The minimum Gasteiger partial charge on any atom is -0.444 e. The van der Waals surface area contributed by atoms with Gasteiger partial charge in [0.15, 0.2) is 0 Å². The molecule has 1 unspecified atom stereocenters. The predicted octanol–water partition coefficient (Wildman–Crippen LogP) is 4.69. The largest absolute Gasteiger partial charge is 0.444 e. The summed E-state index contributed by atoms with van der Waals surface area (Å²) >= 11 is 3.27. The fraction of sp³-hybridized carbons (Fsp3) is 0.0952. The van der Waals surface area contributed by atoms with E-state index in [1.54, 1.807) is 48.7 Å². The number of pyridine rings is 1. The first-order valence-corrected chi connectivity index (χ1v) is 9.06. The van der Waals surface area contributed by atoms with Gasteiger partial charge in [0.2, 0.25) is 6.10 Å². The summed E-state index contributed by atoms with van der Waals surface area (Å²) in [7, 11) is 0. The van der Waals surface area contributed by atoms with E-state index in [0.717, 1.165) is 5.56 Å². The average Bonchev–Trinajstić information content (AvgIpc) is 2.68. The number of anilines is 1. The standard InChI is InChI=1S/C21H17BrN2O3/c1-14-7-9-18(10-8-14)24-20(25)19(15-5-3-2-4-6-15)27-21(26)16-11-17(22)13-23-12-16/h2-13,19H,1H3,(H,24,25). The van der Waals surface area contributed by atoms with E-state index in [1.165, 1.54) is 6.20 Å². The Morgan fingerprint density at radius 2 is 1.74 bits per heavy atom. The van der Waals surface area contributed by atoms with Crippen LogP contribution in [0.15, 0.2) is 77.5 Å². The number of aryl methyl sites for hydroxylation is 1. The second-order valence-corrected chi connectivity index (χ2v) is 6.86. The number of nitrogens with one attached hydrogen (secondary N) is 1. The Kier molecular flexibility index (Phi) is 5.98. The Bertz CT molecular complexity index is 943. The Labute approximate surface area is 165 Å². The van der Waals surface area contributed by atoms with Gasteiger partial charge in [-0.3, -0.25) is 9.78 Å². The number of benzene rings is 2. The molecule has 1 amide bonds. The number of hydrogen-bond acceptors (Lipinski definition) is 4. The molecular weight excluding hydrogens is 408 g/mol. The zero-order valence-electron chi connectivity index (χ0n) is 14.6. The lowest BCUT2D eigenvalue weighted by Crippen LogP contribution is -2.26. The van der Waals surface area contributed by atoms with Crippen molar-refractivity contribution in [1.29, 1.82) is 0 Å². The van der Waals surface area contributed by atoms with Gasteiger partial charge in [-0.05, 0) is 41.1 Å². The van der Waals surface area contributed by atoms with Gasteiger partial charge in [0, 0.05) is 28.1 Å². The number of halogens is 1. The molecule has 2 aromatic carbocycles. The van der Waals surface area contributed by atoms with Crippen molar-refractivity contribution < 1.29 is 14.3 Å². The minimum atomic E-state index is -1.08. The van der Waals surface area contributed by atoms with Crippen molar-refractivity contribution in [3.63, 3.8) is 0 Å². The Morgan fingerprint density at radius 3 is 2.41 bits per heavy atom. The molecule has 0 aliphatic heterocycles. The van der Waals surface area contributed by atoms with E-state index < -0.39 is 18.0 Å². The van der Waals surface area contributed by atoms with E-state index in [0.29, 0.717) is 15.7 Å².